The number of anilines is 2. The number of nitrogens with one attached hydrogen (secondary N) is 2. The molecule has 10 heteroatoms. The van der Waals surface area contributed by atoms with Crippen molar-refractivity contribution in [2.75, 3.05) is 24.4 Å². The van der Waals surface area contributed by atoms with Gasteiger partial charge in [0, 0.05) is 17.1 Å². The number of benzene rings is 2. The zero-order valence-electron chi connectivity index (χ0n) is 15.9. The fraction of sp³-hybridized carbons (Fsp3) is 0.200. The number of rotatable bonds is 8. The van der Waals surface area contributed by atoms with Gasteiger partial charge in [-0.2, -0.15) is 0 Å². The van der Waals surface area contributed by atoms with Crippen LogP contribution in [-0.2, 0) is 23.9 Å². The molecule has 2 N–H and O–H groups in total. The highest BCUT2D eigenvalue weighted by Crippen LogP contribution is 2.25. The van der Waals surface area contributed by atoms with Gasteiger partial charge in [-0.25, -0.2) is 4.79 Å². The Kier molecular flexibility index (Phi) is 8.64. The number of hydrogen-bond acceptors (Lipinski definition) is 6. The lowest BCUT2D eigenvalue weighted by molar-refractivity contribution is -0.147. The number of carbonyl (C=O) groups excluding carboxylic acids is 4. The van der Waals surface area contributed by atoms with E-state index < -0.39 is 30.4 Å². The summed E-state index contributed by atoms with van der Waals surface area (Å²) >= 11 is 11.8. The van der Waals surface area contributed by atoms with Crippen molar-refractivity contribution in [2.45, 2.75) is 12.8 Å². The Morgan fingerprint density at radius 1 is 0.900 bits per heavy atom. The van der Waals surface area contributed by atoms with E-state index in [9.17, 15) is 19.2 Å². The summed E-state index contributed by atoms with van der Waals surface area (Å²) in [4.78, 5) is 46.9. The van der Waals surface area contributed by atoms with E-state index in [2.05, 4.69) is 15.4 Å². The predicted octanol–water partition coefficient (Wildman–Crippen LogP) is 3.68. The van der Waals surface area contributed by atoms with E-state index in [1.165, 1.54) is 43.5 Å². The van der Waals surface area contributed by atoms with Crippen molar-refractivity contribution in [3.63, 3.8) is 0 Å². The number of hydrogen-bond donors (Lipinski definition) is 2. The topological polar surface area (TPSA) is 111 Å². The largest absolute Gasteiger partial charge is 0.465 e. The van der Waals surface area contributed by atoms with Crippen molar-refractivity contribution in [3.05, 3.63) is 58.1 Å². The Labute approximate surface area is 182 Å². The minimum Gasteiger partial charge on any atom is -0.465 e. The Bertz CT molecular complexity index is 947. The summed E-state index contributed by atoms with van der Waals surface area (Å²) in [6.07, 6.45) is -0.351. The van der Waals surface area contributed by atoms with Gasteiger partial charge in [0.05, 0.1) is 29.8 Å². The average Bonchev–Trinajstić information content (AvgIpc) is 2.73. The smallest absolute Gasteiger partial charge is 0.337 e. The summed E-state index contributed by atoms with van der Waals surface area (Å²) in [7, 11) is 1.27. The van der Waals surface area contributed by atoms with E-state index in [1.54, 1.807) is 6.07 Å². The summed E-state index contributed by atoms with van der Waals surface area (Å²) in [6, 6.07) is 10.6. The Hall–Kier alpha value is -3.10. The van der Waals surface area contributed by atoms with E-state index in [4.69, 9.17) is 27.9 Å². The first-order chi connectivity index (χ1) is 14.3. The summed E-state index contributed by atoms with van der Waals surface area (Å²) in [5, 5.41) is 5.74. The monoisotopic (exact) mass is 452 g/mol. The second kappa shape index (κ2) is 11.2. The van der Waals surface area contributed by atoms with Crippen LogP contribution < -0.4 is 10.6 Å². The summed E-state index contributed by atoms with van der Waals surface area (Å²) in [5.74, 6) is -2.22. The van der Waals surface area contributed by atoms with Crippen LogP contribution in [0.5, 0.6) is 0 Å². The molecule has 0 aliphatic heterocycles. The van der Waals surface area contributed by atoms with Gasteiger partial charge in [-0.05, 0) is 42.5 Å². The molecule has 0 saturated carbocycles. The third-order valence-electron chi connectivity index (χ3n) is 3.71. The van der Waals surface area contributed by atoms with E-state index in [0.717, 1.165) is 0 Å². The van der Waals surface area contributed by atoms with Crippen LogP contribution in [0.1, 0.15) is 23.2 Å². The van der Waals surface area contributed by atoms with Crippen LogP contribution in [0.2, 0.25) is 10.0 Å². The van der Waals surface area contributed by atoms with Gasteiger partial charge in [-0.15, -0.1) is 0 Å². The molecule has 0 radical (unpaired) electrons. The molecule has 2 amide bonds. The zero-order valence-corrected chi connectivity index (χ0v) is 17.4. The minimum atomic E-state index is -0.710. The lowest BCUT2D eigenvalue weighted by Crippen LogP contribution is -2.22. The quantitative estimate of drug-likeness (QED) is 0.590. The third kappa shape index (κ3) is 7.38. The second-order valence-corrected chi connectivity index (χ2v) is 6.79. The molecule has 0 aliphatic carbocycles. The Balaban J connectivity index is 1.72. The molecule has 0 aromatic heterocycles. The van der Waals surface area contributed by atoms with Crippen LogP contribution in [0, 0.1) is 0 Å². The van der Waals surface area contributed by atoms with Crippen LogP contribution in [0.15, 0.2) is 42.5 Å². The van der Waals surface area contributed by atoms with E-state index in [1.807, 2.05) is 0 Å². The molecule has 0 atom stereocenters. The molecule has 0 spiro atoms. The molecule has 0 unspecified atom stereocenters. The van der Waals surface area contributed by atoms with E-state index in [-0.39, 0.29) is 17.9 Å². The molecular formula is C20H18Cl2N2O6. The molecule has 0 heterocycles. The molecular weight excluding hydrogens is 435 g/mol. The second-order valence-electron chi connectivity index (χ2n) is 5.95. The first kappa shape index (κ1) is 23.2. The van der Waals surface area contributed by atoms with Crippen LogP contribution >= 0.6 is 23.2 Å². The van der Waals surface area contributed by atoms with E-state index in [0.29, 0.717) is 22.0 Å². The van der Waals surface area contributed by atoms with Gasteiger partial charge in [-0.3, -0.25) is 14.4 Å². The molecule has 2 aromatic rings. The average molecular weight is 453 g/mol. The van der Waals surface area contributed by atoms with Crippen molar-refractivity contribution < 1.29 is 28.7 Å². The molecule has 158 valence electrons. The molecule has 0 saturated heterocycles. The lowest BCUT2D eigenvalue weighted by Gasteiger charge is -2.09. The third-order valence-corrected chi connectivity index (χ3v) is 4.28. The predicted molar refractivity (Wildman–Crippen MR) is 112 cm³/mol. The molecule has 30 heavy (non-hydrogen) atoms. The highest BCUT2D eigenvalue weighted by molar-refractivity contribution is 6.35. The fourth-order valence-electron chi connectivity index (χ4n) is 2.24. The molecule has 8 nitrogen and oxygen atoms in total. The maximum absolute atomic E-state index is 11.9. The number of amides is 2. The van der Waals surface area contributed by atoms with Crippen molar-refractivity contribution >= 4 is 58.3 Å². The molecule has 0 fully saturated rings. The standard InChI is InChI=1S/C20H18Cl2N2O6/c1-29-20(28)12-2-5-14(6-3-12)23-17(25)8-9-19(27)30-11-18(26)24-16-10-13(21)4-7-15(16)22/h2-7,10H,8-9,11H2,1H3,(H,23,25)(H,24,26). The van der Waals surface area contributed by atoms with Gasteiger partial charge >= 0.3 is 11.9 Å². The highest BCUT2D eigenvalue weighted by Gasteiger charge is 2.12. The van der Waals surface area contributed by atoms with Crippen molar-refractivity contribution in [2.24, 2.45) is 0 Å². The first-order valence-corrected chi connectivity index (χ1v) is 9.43. The van der Waals surface area contributed by atoms with Gasteiger partial charge in [0.25, 0.3) is 5.91 Å². The maximum atomic E-state index is 11.9. The summed E-state index contributed by atoms with van der Waals surface area (Å²) in [6.45, 7) is -0.529. The molecule has 0 bridgehead atoms. The molecule has 2 rings (SSSR count). The summed E-state index contributed by atoms with van der Waals surface area (Å²) < 4.78 is 9.43. The van der Waals surface area contributed by atoms with Crippen LogP contribution in [0.3, 0.4) is 0 Å². The fourth-order valence-corrected chi connectivity index (χ4v) is 2.58. The number of methoxy groups -OCH3 is 1. The first-order valence-electron chi connectivity index (χ1n) is 8.67. The minimum absolute atomic E-state index is 0.140. The maximum Gasteiger partial charge on any atom is 0.337 e. The number of ether oxygens (including phenoxy) is 2. The van der Waals surface area contributed by atoms with Crippen LogP contribution in [0.25, 0.3) is 0 Å². The van der Waals surface area contributed by atoms with Crippen molar-refractivity contribution in [1.82, 2.24) is 0 Å². The Morgan fingerprint density at radius 3 is 2.27 bits per heavy atom. The normalized spacial score (nSPS) is 10.1. The van der Waals surface area contributed by atoms with E-state index >= 15 is 0 Å². The van der Waals surface area contributed by atoms with Gasteiger partial charge in [-0.1, -0.05) is 23.2 Å². The van der Waals surface area contributed by atoms with Gasteiger partial charge in [0.15, 0.2) is 6.61 Å². The number of halogens is 2. The van der Waals surface area contributed by atoms with Gasteiger partial charge in [0.2, 0.25) is 5.91 Å². The van der Waals surface area contributed by atoms with Gasteiger partial charge in [0.1, 0.15) is 0 Å². The Morgan fingerprint density at radius 2 is 1.60 bits per heavy atom. The molecule has 2 aromatic carbocycles. The number of carbonyl (C=O) groups is 4. The lowest BCUT2D eigenvalue weighted by atomic mass is 10.2. The highest BCUT2D eigenvalue weighted by atomic mass is 35.5. The van der Waals surface area contributed by atoms with Crippen LogP contribution in [0.4, 0.5) is 11.4 Å². The zero-order chi connectivity index (χ0) is 22.1. The number of esters is 2. The summed E-state index contributed by atoms with van der Waals surface area (Å²) in [5.41, 5.74) is 1.10. The molecule has 0 aliphatic rings. The van der Waals surface area contributed by atoms with Crippen molar-refractivity contribution in [3.8, 4) is 0 Å². The van der Waals surface area contributed by atoms with Crippen molar-refractivity contribution in [1.29, 1.82) is 0 Å². The van der Waals surface area contributed by atoms with Gasteiger partial charge < -0.3 is 20.1 Å². The SMILES string of the molecule is COC(=O)c1ccc(NC(=O)CCC(=O)OCC(=O)Nc2cc(Cl)ccc2Cl)cc1. The van der Waals surface area contributed by atoms with Crippen LogP contribution in [-0.4, -0.2) is 37.5 Å².